The maximum Gasteiger partial charge on any atom is 0.224 e. The van der Waals surface area contributed by atoms with Gasteiger partial charge in [-0.25, -0.2) is 14.4 Å². The third-order valence-electron chi connectivity index (χ3n) is 5.02. The molecule has 0 bridgehead atoms. The van der Waals surface area contributed by atoms with Crippen LogP contribution in [-0.2, 0) is 11.3 Å². The van der Waals surface area contributed by atoms with Crippen molar-refractivity contribution in [3.8, 4) is 0 Å². The van der Waals surface area contributed by atoms with E-state index < -0.39 is 0 Å². The average molecular weight is 427 g/mol. The summed E-state index contributed by atoms with van der Waals surface area (Å²) in [6.07, 6.45) is 3.82. The lowest BCUT2D eigenvalue weighted by Gasteiger charge is -2.20. The Morgan fingerprint density at radius 2 is 2.16 bits per heavy atom. The van der Waals surface area contributed by atoms with E-state index in [2.05, 4.69) is 20.9 Å². The van der Waals surface area contributed by atoms with Crippen LogP contribution in [0.4, 0.5) is 15.9 Å². The normalized spacial score (nSPS) is 16.3. The highest BCUT2D eigenvalue weighted by Crippen LogP contribution is 2.20. The first kappa shape index (κ1) is 22.5. The second-order valence-corrected chi connectivity index (χ2v) is 7.58. The van der Waals surface area contributed by atoms with Gasteiger partial charge in [0.05, 0.1) is 6.54 Å². The van der Waals surface area contributed by atoms with Gasteiger partial charge in [-0.1, -0.05) is 19.1 Å². The van der Waals surface area contributed by atoms with E-state index in [0.29, 0.717) is 25.3 Å². The van der Waals surface area contributed by atoms with Crippen molar-refractivity contribution in [2.45, 2.75) is 45.7 Å². The predicted molar refractivity (Wildman–Crippen MR) is 123 cm³/mol. The summed E-state index contributed by atoms with van der Waals surface area (Å²) < 4.78 is 14.0. The van der Waals surface area contributed by atoms with Crippen molar-refractivity contribution < 1.29 is 9.18 Å². The van der Waals surface area contributed by atoms with Crippen molar-refractivity contribution in [2.24, 2.45) is 4.99 Å². The number of nitrogens with zero attached hydrogens (tertiary/aromatic N) is 3. The fourth-order valence-electron chi connectivity index (χ4n) is 3.56. The Labute approximate surface area is 183 Å². The zero-order chi connectivity index (χ0) is 22.1. The van der Waals surface area contributed by atoms with Crippen LogP contribution in [-0.4, -0.2) is 42.5 Å². The van der Waals surface area contributed by atoms with Crippen LogP contribution in [0.3, 0.4) is 0 Å². The number of hydrogen-bond acceptors (Lipinski definition) is 4. The molecule has 166 valence electrons. The molecular weight excluding hydrogens is 395 g/mol. The molecule has 0 radical (unpaired) electrons. The molecule has 8 heteroatoms. The highest BCUT2D eigenvalue weighted by Gasteiger charge is 2.25. The number of carbonyl (C=O) groups excluding carboxylic acids is 1. The van der Waals surface area contributed by atoms with E-state index in [-0.39, 0.29) is 17.8 Å². The summed E-state index contributed by atoms with van der Waals surface area (Å²) in [7, 11) is 0. The molecule has 1 aromatic heterocycles. The van der Waals surface area contributed by atoms with E-state index in [4.69, 9.17) is 4.99 Å². The number of hydrogen-bond donors (Lipinski definition) is 3. The van der Waals surface area contributed by atoms with Crippen LogP contribution in [0.2, 0.25) is 0 Å². The fourth-order valence-corrected chi connectivity index (χ4v) is 3.56. The molecule has 1 unspecified atom stereocenters. The first-order valence-electron chi connectivity index (χ1n) is 10.9. The van der Waals surface area contributed by atoms with Gasteiger partial charge in [-0.15, -0.1) is 0 Å². The van der Waals surface area contributed by atoms with Gasteiger partial charge < -0.3 is 20.9 Å². The number of aliphatic imine (C=N–C) groups is 1. The fraction of sp³-hybridized carbons (Fsp3) is 0.435. The number of carbonyl (C=O) groups is 1. The Kier molecular flexibility index (Phi) is 8.20. The van der Waals surface area contributed by atoms with E-state index in [1.165, 1.54) is 6.07 Å². The van der Waals surface area contributed by atoms with E-state index >= 15 is 0 Å². The molecule has 1 amide bonds. The number of aromatic nitrogens is 1. The van der Waals surface area contributed by atoms with Crippen LogP contribution in [0.5, 0.6) is 0 Å². The Hall–Kier alpha value is -3.16. The zero-order valence-electron chi connectivity index (χ0n) is 18.2. The molecule has 0 spiro atoms. The summed E-state index contributed by atoms with van der Waals surface area (Å²) in [5.41, 5.74) is 1.79. The molecular formula is C23H31FN6O. The monoisotopic (exact) mass is 426 g/mol. The molecule has 1 fully saturated rings. The van der Waals surface area contributed by atoms with Gasteiger partial charge in [-0.2, -0.15) is 0 Å². The van der Waals surface area contributed by atoms with E-state index in [1.54, 1.807) is 12.3 Å². The standard InChI is InChI=1S/C23H31FN6O/c1-3-7-21(31)28-18-9-5-8-17(14-18)15-27-23(25-4-2)29-19-11-13-30(16-19)22-20(24)10-6-12-26-22/h5-6,8-10,12,14,19H,3-4,7,11,13,15-16H2,1-2H3,(H,28,31)(H2,25,27,29). The molecule has 3 N–H and O–H groups in total. The Morgan fingerprint density at radius 1 is 1.29 bits per heavy atom. The smallest absolute Gasteiger partial charge is 0.224 e. The topological polar surface area (TPSA) is 81.6 Å². The second-order valence-electron chi connectivity index (χ2n) is 7.58. The van der Waals surface area contributed by atoms with Crippen molar-refractivity contribution in [3.63, 3.8) is 0 Å². The van der Waals surface area contributed by atoms with Gasteiger partial charge in [0, 0.05) is 44.0 Å². The van der Waals surface area contributed by atoms with Gasteiger partial charge in [0.15, 0.2) is 17.6 Å². The van der Waals surface area contributed by atoms with Crippen LogP contribution >= 0.6 is 0 Å². The number of benzene rings is 1. The summed E-state index contributed by atoms with van der Waals surface area (Å²) in [6, 6.07) is 10.9. The molecule has 0 aliphatic carbocycles. The molecule has 1 aromatic carbocycles. The van der Waals surface area contributed by atoms with Gasteiger partial charge in [0.25, 0.3) is 0 Å². The third kappa shape index (κ3) is 6.67. The summed E-state index contributed by atoms with van der Waals surface area (Å²) in [4.78, 5) is 22.7. The second kappa shape index (κ2) is 11.3. The predicted octanol–water partition coefficient (Wildman–Crippen LogP) is 3.29. The summed E-state index contributed by atoms with van der Waals surface area (Å²) in [5.74, 6) is 0.842. The van der Waals surface area contributed by atoms with E-state index in [1.807, 2.05) is 43.0 Å². The van der Waals surface area contributed by atoms with E-state index in [0.717, 1.165) is 43.1 Å². The number of pyridine rings is 1. The molecule has 7 nitrogen and oxygen atoms in total. The Bertz CT molecular complexity index is 903. The van der Waals surface area contributed by atoms with Crippen molar-refractivity contribution >= 4 is 23.4 Å². The van der Waals surface area contributed by atoms with Crippen LogP contribution in [0, 0.1) is 5.82 Å². The molecule has 1 aliphatic rings. The van der Waals surface area contributed by atoms with Gasteiger partial charge >= 0.3 is 0 Å². The number of nitrogens with one attached hydrogen (secondary N) is 3. The summed E-state index contributed by atoms with van der Waals surface area (Å²) in [6.45, 7) is 6.63. The van der Waals surface area contributed by atoms with Crippen LogP contribution < -0.4 is 20.9 Å². The molecule has 2 heterocycles. The largest absolute Gasteiger partial charge is 0.357 e. The summed E-state index contributed by atoms with van der Waals surface area (Å²) in [5, 5.41) is 9.64. The Morgan fingerprint density at radius 3 is 2.94 bits per heavy atom. The minimum absolute atomic E-state index is 0.0216. The SMILES string of the molecule is CCCC(=O)Nc1cccc(CN=C(NCC)NC2CCN(c3ncccc3F)C2)c1. The molecule has 1 aliphatic heterocycles. The number of anilines is 2. The number of amides is 1. The number of guanidine groups is 1. The molecule has 0 saturated carbocycles. The van der Waals surface area contributed by atoms with Gasteiger partial charge in [0.1, 0.15) is 0 Å². The van der Waals surface area contributed by atoms with Crippen molar-refractivity contribution in [2.75, 3.05) is 29.9 Å². The molecule has 31 heavy (non-hydrogen) atoms. The molecule has 3 rings (SSSR count). The zero-order valence-corrected chi connectivity index (χ0v) is 18.2. The van der Waals surface area contributed by atoms with Crippen LogP contribution in [0.1, 0.15) is 38.7 Å². The lowest BCUT2D eigenvalue weighted by atomic mass is 10.2. The van der Waals surface area contributed by atoms with Crippen molar-refractivity contribution in [3.05, 3.63) is 54.0 Å². The molecule has 1 saturated heterocycles. The van der Waals surface area contributed by atoms with E-state index in [9.17, 15) is 9.18 Å². The lowest BCUT2D eigenvalue weighted by Crippen LogP contribution is -2.44. The molecule has 2 aromatic rings. The first-order valence-corrected chi connectivity index (χ1v) is 10.9. The van der Waals surface area contributed by atoms with Crippen LogP contribution in [0.25, 0.3) is 0 Å². The van der Waals surface area contributed by atoms with Gasteiger partial charge in [0.2, 0.25) is 5.91 Å². The first-order chi connectivity index (χ1) is 15.1. The molecule has 1 atom stereocenters. The quantitative estimate of drug-likeness (QED) is 0.446. The summed E-state index contributed by atoms with van der Waals surface area (Å²) >= 11 is 0. The minimum Gasteiger partial charge on any atom is -0.357 e. The van der Waals surface area contributed by atoms with Crippen molar-refractivity contribution in [1.29, 1.82) is 0 Å². The van der Waals surface area contributed by atoms with Crippen LogP contribution in [0.15, 0.2) is 47.6 Å². The minimum atomic E-state index is -0.297. The maximum absolute atomic E-state index is 14.0. The highest BCUT2D eigenvalue weighted by atomic mass is 19.1. The third-order valence-corrected chi connectivity index (χ3v) is 5.02. The van der Waals surface area contributed by atoms with Crippen molar-refractivity contribution in [1.82, 2.24) is 15.6 Å². The Balaban J connectivity index is 1.59. The lowest BCUT2D eigenvalue weighted by molar-refractivity contribution is -0.116. The number of halogens is 1. The maximum atomic E-state index is 14.0. The van der Waals surface area contributed by atoms with Gasteiger partial charge in [-0.3, -0.25) is 4.79 Å². The van der Waals surface area contributed by atoms with Gasteiger partial charge in [-0.05, 0) is 49.6 Å². The average Bonchev–Trinajstić information content (AvgIpc) is 3.21. The number of rotatable bonds is 8. The highest BCUT2D eigenvalue weighted by molar-refractivity contribution is 5.90.